The first-order valence-electron chi connectivity index (χ1n) is 9.83. The molecule has 7 nitrogen and oxygen atoms in total. The van der Waals surface area contributed by atoms with Crippen molar-refractivity contribution in [2.24, 2.45) is 0 Å². The maximum absolute atomic E-state index is 13.4. The van der Waals surface area contributed by atoms with E-state index in [9.17, 15) is 27.2 Å². The molecule has 5 rings (SSSR count). The van der Waals surface area contributed by atoms with E-state index in [-0.39, 0.29) is 28.3 Å². The molecule has 1 heterocycles. The van der Waals surface area contributed by atoms with Crippen LogP contribution in [0.15, 0.2) is 24.4 Å². The highest BCUT2D eigenvalue weighted by Crippen LogP contribution is 2.55. The number of rotatable bonds is 8. The fourth-order valence-electron chi connectivity index (χ4n) is 4.35. The average molecular weight is 508 g/mol. The van der Waals surface area contributed by atoms with Crippen molar-refractivity contribution in [3.8, 4) is 10.8 Å². The molecule has 0 radical (unpaired) electrons. The van der Waals surface area contributed by atoms with Gasteiger partial charge in [0.1, 0.15) is 11.6 Å². The molecule has 1 aromatic heterocycles. The maximum atomic E-state index is 13.4. The topological polar surface area (TPSA) is 89.6 Å². The first-order chi connectivity index (χ1) is 15.5. The number of amides is 2. The van der Waals surface area contributed by atoms with E-state index in [1.165, 1.54) is 12.1 Å². The molecule has 0 atom stereocenters. The normalized spacial score (nSPS) is 23.5. The number of halogens is 5. The fraction of sp³-hybridized carbons (Fsp3) is 0.450. The minimum absolute atomic E-state index is 0.0481. The summed E-state index contributed by atoms with van der Waals surface area (Å²) in [5.41, 5.74) is -0.947. The highest BCUT2D eigenvalue weighted by molar-refractivity contribution is 7.13. The molecule has 2 amide bonds. The Kier molecular flexibility index (Phi) is 6.16. The number of carbonyl (C=O) groups is 2. The molecule has 0 aliphatic heterocycles. The molecule has 0 unspecified atom stereocenters. The Morgan fingerprint density at radius 2 is 1.70 bits per heavy atom. The minimum Gasteiger partial charge on any atom is -0.484 e. The van der Waals surface area contributed by atoms with Crippen LogP contribution in [-0.2, 0) is 15.8 Å². The van der Waals surface area contributed by atoms with Crippen molar-refractivity contribution >= 4 is 34.8 Å². The quantitative estimate of drug-likeness (QED) is 0.532. The first-order valence-corrected chi connectivity index (χ1v) is 11.0. The van der Waals surface area contributed by atoms with Gasteiger partial charge in [0.15, 0.2) is 18.3 Å². The number of fused-ring (bicyclic) bond motifs is 1. The monoisotopic (exact) mass is 507 g/mol. The molecule has 3 fully saturated rings. The van der Waals surface area contributed by atoms with Gasteiger partial charge in [-0.2, -0.15) is 13.2 Å². The summed E-state index contributed by atoms with van der Waals surface area (Å²) >= 11 is 5.93. The number of nitrogens with one attached hydrogen (secondary N) is 2. The SMILES string of the molecule is O=C(COc1ccc(Cl)c(F)c1)NC12CCC(NC(=O)COc3cnc(C(F)(F)F)s3)(C1)C2. The Balaban J connectivity index is 1.21. The highest BCUT2D eigenvalue weighted by atomic mass is 35.5. The van der Waals surface area contributed by atoms with Crippen molar-refractivity contribution in [3.05, 3.63) is 40.2 Å². The summed E-state index contributed by atoms with van der Waals surface area (Å²) in [6, 6.07) is 3.87. The van der Waals surface area contributed by atoms with E-state index >= 15 is 0 Å². The predicted octanol–water partition coefficient (Wildman–Crippen LogP) is 3.71. The zero-order chi connectivity index (χ0) is 23.9. The smallest absolute Gasteiger partial charge is 0.443 e. The van der Waals surface area contributed by atoms with Crippen molar-refractivity contribution in [1.29, 1.82) is 0 Å². The molecule has 33 heavy (non-hydrogen) atoms. The fourth-order valence-corrected chi connectivity index (χ4v) is 5.10. The van der Waals surface area contributed by atoms with Gasteiger partial charge in [0, 0.05) is 17.1 Å². The van der Waals surface area contributed by atoms with Gasteiger partial charge in [-0.3, -0.25) is 9.59 Å². The van der Waals surface area contributed by atoms with Gasteiger partial charge >= 0.3 is 6.18 Å². The van der Waals surface area contributed by atoms with Crippen LogP contribution < -0.4 is 20.1 Å². The molecular formula is C20H18ClF4N3O4S. The first kappa shape index (κ1) is 23.6. The summed E-state index contributed by atoms with van der Waals surface area (Å²) in [6.07, 6.45) is -1.30. The molecule has 3 aliphatic carbocycles. The highest BCUT2D eigenvalue weighted by Gasteiger charge is 2.62. The summed E-state index contributed by atoms with van der Waals surface area (Å²) in [7, 11) is 0. The third-order valence-corrected chi connectivity index (χ3v) is 6.84. The lowest BCUT2D eigenvalue weighted by atomic mass is 9.71. The Bertz CT molecular complexity index is 1070. The van der Waals surface area contributed by atoms with E-state index in [2.05, 4.69) is 15.6 Å². The summed E-state index contributed by atoms with van der Waals surface area (Å²) in [5.74, 6) is -1.31. The van der Waals surface area contributed by atoms with E-state index in [1.54, 1.807) is 0 Å². The Hall–Kier alpha value is -2.60. The number of thiazole rings is 1. The molecular weight excluding hydrogens is 490 g/mol. The third-order valence-electron chi connectivity index (χ3n) is 5.58. The number of nitrogens with zero attached hydrogens (tertiary/aromatic N) is 1. The minimum atomic E-state index is -4.56. The molecule has 178 valence electrons. The molecule has 13 heteroatoms. The molecule has 0 saturated heterocycles. The molecule has 1 aromatic carbocycles. The molecule has 3 saturated carbocycles. The number of aromatic nitrogens is 1. The molecule has 2 aromatic rings. The second-order valence-corrected chi connectivity index (χ2v) is 9.55. The summed E-state index contributed by atoms with van der Waals surface area (Å²) in [5, 5.41) is 4.58. The molecule has 2 N–H and O–H groups in total. The van der Waals surface area contributed by atoms with Crippen LogP contribution in [0.5, 0.6) is 10.8 Å². The number of carbonyl (C=O) groups excluding carboxylic acids is 2. The van der Waals surface area contributed by atoms with Gasteiger partial charge in [0.05, 0.1) is 11.2 Å². The van der Waals surface area contributed by atoms with E-state index in [0.29, 0.717) is 37.0 Å². The van der Waals surface area contributed by atoms with E-state index < -0.39 is 40.6 Å². The van der Waals surface area contributed by atoms with Crippen molar-refractivity contribution < 1.29 is 36.6 Å². The largest absolute Gasteiger partial charge is 0.484 e. The number of alkyl halides is 3. The van der Waals surface area contributed by atoms with Crippen molar-refractivity contribution in [3.63, 3.8) is 0 Å². The lowest BCUT2D eigenvalue weighted by Gasteiger charge is -2.48. The van der Waals surface area contributed by atoms with Crippen molar-refractivity contribution in [2.75, 3.05) is 13.2 Å². The van der Waals surface area contributed by atoms with Crippen LogP contribution >= 0.6 is 22.9 Å². The van der Waals surface area contributed by atoms with E-state index in [4.69, 9.17) is 21.1 Å². The van der Waals surface area contributed by atoms with Gasteiger partial charge in [-0.15, -0.1) is 0 Å². The lowest BCUT2D eigenvalue weighted by molar-refractivity contribution is -0.137. The van der Waals surface area contributed by atoms with Crippen LogP contribution in [-0.4, -0.2) is 41.1 Å². The maximum Gasteiger partial charge on any atom is 0.443 e. The van der Waals surface area contributed by atoms with Crippen molar-refractivity contribution in [1.82, 2.24) is 15.6 Å². The lowest BCUT2D eigenvalue weighted by Crippen LogP contribution is -2.65. The Labute approximate surface area is 194 Å². The van der Waals surface area contributed by atoms with E-state index in [0.717, 1.165) is 12.3 Å². The van der Waals surface area contributed by atoms with Crippen LogP contribution in [0.2, 0.25) is 5.02 Å². The van der Waals surface area contributed by atoms with Crippen LogP contribution in [0.25, 0.3) is 0 Å². The molecule has 0 spiro atoms. The molecule has 2 bridgehead atoms. The number of hydrogen-bond donors (Lipinski definition) is 2. The second kappa shape index (κ2) is 8.64. The van der Waals surface area contributed by atoms with Crippen LogP contribution in [0.1, 0.15) is 30.7 Å². The zero-order valence-electron chi connectivity index (χ0n) is 16.9. The zero-order valence-corrected chi connectivity index (χ0v) is 18.5. The van der Waals surface area contributed by atoms with Gasteiger partial charge in [-0.25, -0.2) is 9.37 Å². The summed E-state index contributed by atoms with van der Waals surface area (Å²) in [6.45, 7) is -0.739. The standard InChI is InChI=1S/C20H18ClF4N3O4S/c21-12-2-1-11(5-13(12)22)31-7-14(29)27-18-3-4-19(9-18,10-18)28-15(30)8-32-16-6-26-17(33-16)20(23,24)25/h1-2,5-6H,3-4,7-10H2,(H,27,29)(H,28,30). The van der Waals surface area contributed by atoms with Gasteiger partial charge in [0.25, 0.3) is 11.8 Å². The van der Waals surface area contributed by atoms with Crippen molar-refractivity contribution in [2.45, 2.75) is 42.9 Å². The van der Waals surface area contributed by atoms with Gasteiger partial charge in [-0.05, 0) is 37.8 Å². The van der Waals surface area contributed by atoms with Crippen LogP contribution in [0, 0.1) is 5.82 Å². The second-order valence-electron chi connectivity index (χ2n) is 8.15. The molecule has 3 aliphatic rings. The number of benzene rings is 1. The Morgan fingerprint density at radius 1 is 1.09 bits per heavy atom. The van der Waals surface area contributed by atoms with Gasteiger partial charge in [0.2, 0.25) is 5.01 Å². The van der Waals surface area contributed by atoms with E-state index in [1.807, 2.05) is 0 Å². The van der Waals surface area contributed by atoms with Crippen LogP contribution in [0.3, 0.4) is 0 Å². The summed E-state index contributed by atoms with van der Waals surface area (Å²) in [4.78, 5) is 27.7. The Morgan fingerprint density at radius 3 is 2.24 bits per heavy atom. The summed E-state index contributed by atoms with van der Waals surface area (Å²) < 4.78 is 61.6. The van der Waals surface area contributed by atoms with Gasteiger partial charge in [-0.1, -0.05) is 22.9 Å². The predicted molar refractivity (Wildman–Crippen MR) is 110 cm³/mol. The average Bonchev–Trinajstić information content (AvgIpc) is 3.40. The van der Waals surface area contributed by atoms with Gasteiger partial charge < -0.3 is 20.1 Å². The number of ether oxygens (including phenoxy) is 2. The van der Waals surface area contributed by atoms with Crippen LogP contribution in [0.4, 0.5) is 17.6 Å². The third kappa shape index (κ3) is 5.32. The number of hydrogen-bond acceptors (Lipinski definition) is 6.